The first-order valence-corrected chi connectivity index (χ1v) is 14.4. The minimum atomic E-state index is -0.684. The molecule has 7 heteroatoms. The molecule has 0 aliphatic carbocycles. The predicted octanol–water partition coefficient (Wildman–Crippen LogP) is 8.99. The predicted molar refractivity (Wildman–Crippen MR) is 164 cm³/mol. The van der Waals surface area contributed by atoms with Gasteiger partial charge in [-0.3, -0.25) is 19.3 Å². The van der Waals surface area contributed by atoms with Gasteiger partial charge in [-0.15, -0.1) is 0 Å². The van der Waals surface area contributed by atoms with E-state index in [0.717, 1.165) is 0 Å². The molecule has 0 N–H and O–H groups in total. The normalized spacial score (nSPS) is 12.5. The third kappa shape index (κ3) is 8.50. The standard InChI is InChI=1S/C36H42F3NO3/c1-34(2,3)31(41)22-10-13-25(28(37)16-22)19-40(20-26-14-11-23(17-29(26)38)32(42)35(4,5)6)21-27-15-12-24(18-30(27)39)33(43)36(7,8)9/h10-18H,19-21H2,1-9H3. The quantitative estimate of drug-likeness (QED) is 0.232. The van der Waals surface area contributed by atoms with Crippen LogP contribution in [0.2, 0.25) is 0 Å². The minimum absolute atomic E-state index is 0.0138. The van der Waals surface area contributed by atoms with E-state index >= 15 is 13.2 Å². The summed E-state index contributed by atoms with van der Waals surface area (Å²) in [5.41, 5.74) is -0.551. The van der Waals surface area contributed by atoms with Crippen molar-refractivity contribution in [2.75, 3.05) is 0 Å². The number of Topliss-reactive ketones (excluding diaryl/α,β-unsaturated/α-hetero) is 3. The van der Waals surface area contributed by atoms with Gasteiger partial charge in [-0.2, -0.15) is 0 Å². The summed E-state index contributed by atoms with van der Waals surface area (Å²) in [5, 5.41) is 0. The van der Waals surface area contributed by atoms with E-state index in [4.69, 9.17) is 0 Å². The Kier molecular flexibility index (Phi) is 9.91. The molecule has 0 saturated carbocycles. The van der Waals surface area contributed by atoms with Crippen LogP contribution in [0.1, 0.15) is 110 Å². The lowest BCUT2D eigenvalue weighted by molar-refractivity contribution is 0.0852. The number of nitrogens with zero attached hydrogens (tertiary/aromatic N) is 1. The molecule has 230 valence electrons. The topological polar surface area (TPSA) is 54.5 Å². The molecule has 43 heavy (non-hydrogen) atoms. The van der Waals surface area contributed by atoms with Crippen molar-refractivity contribution in [3.8, 4) is 0 Å². The van der Waals surface area contributed by atoms with Crippen LogP contribution >= 0.6 is 0 Å². The van der Waals surface area contributed by atoms with Gasteiger partial charge in [0.15, 0.2) is 17.3 Å². The Balaban J connectivity index is 1.97. The fourth-order valence-corrected chi connectivity index (χ4v) is 4.64. The van der Waals surface area contributed by atoms with Gasteiger partial charge in [0.1, 0.15) is 17.5 Å². The van der Waals surface area contributed by atoms with Crippen LogP contribution in [0.25, 0.3) is 0 Å². The van der Waals surface area contributed by atoms with Gasteiger partial charge in [-0.25, -0.2) is 13.2 Å². The van der Waals surface area contributed by atoms with Gasteiger partial charge in [-0.05, 0) is 18.2 Å². The van der Waals surface area contributed by atoms with Crippen LogP contribution in [0.3, 0.4) is 0 Å². The largest absolute Gasteiger partial charge is 0.294 e. The average molecular weight is 594 g/mol. The van der Waals surface area contributed by atoms with E-state index in [2.05, 4.69) is 0 Å². The Hall–Kier alpha value is -3.58. The fraction of sp³-hybridized carbons (Fsp3) is 0.417. The molecule has 0 amide bonds. The Labute approximate surface area is 253 Å². The van der Waals surface area contributed by atoms with Gasteiger partial charge in [0.25, 0.3) is 0 Å². The first kappa shape index (κ1) is 33.9. The van der Waals surface area contributed by atoms with Crippen LogP contribution in [0.5, 0.6) is 0 Å². The summed E-state index contributed by atoms with van der Waals surface area (Å²) < 4.78 is 45.9. The maximum atomic E-state index is 15.3. The third-order valence-electron chi connectivity index (χ3n) is 7.17. The first-order chi connectivity index (χ1) is 19.7. The summed E-state index contributed by atoms with van der Waals surface area (Å²) >= 11 is 0. The monoisotopic (exact) mass is 593 g/mol. The summed E-state index contributed by atoms with van der Waals surface area (Å²) in [6.45, 7) is 15.8. The van der Waals surface area contributed by atoms with E-state index in [1.165, 1.54) is 36.4 Å². The second kappa shape index (κ2) is 12.6. The van der Waals surface area contributed by atoms with Crippen molar-refractivity contribution in [2.45, 2.75) is 81.9 Å². The van der Waals surface area contributed by atoms with Crippen LogP contribution in [-0.4, -0.2) is 22.2 Å². The Morgan fingerprint density at radius 1 is 0.488 bits per heavy atom. The van der Waals surface area contributed by atoms with E-state index in [1.807, 2.05) is 0 Å². The molecule has 0 bridgehead atoms. The lowest BCUT2D eigenvalue weighted by Crippen LogP contribution is -2.25. The summed E-state index contributed by atoms with van der Waals surface area (Å²) in [6.07, 6.45) is 0. The zero-order valence-corrected chi connectivity index (χ0v) is 26.6. The number of hydrogen-bond acceptors (Lipinski definition) is 4. The highest BCUT2D eigenvalue weighted by Gasteiger charge is 2.27. The molecule has 0 fully saturated rings. The number of ketones is 3. The van der Waals surface area contributed by atoms with Gasteiger partial charge in [0.2, 0.25) is 0 Å². The van der Waals surface area contributed by atoms with Crippen molar-refractivity contribution in [2.24, 2.45) is 16.2 Å². The summed E-state index contributed by atoms with van der Waals surface area (Å²) in [5.74, 6) is -2.40. The Bertz CT molecular complexity index is 1350. The first-order valence-electron chi connectivity index (χ1n) is 14.4. The molecular formula is C36H42F3NO3. The molecule has 3 aromatic rings. The minimum Gasteiger partial charge on any atom is -0.294 e. The number of carbonyl (C=O) groups is 3. The molecular weight excluding hydrogens is 551 g/mol. The van der Waals surface area contributed by atoms with Gasteiger partial charge in [0.05, 0.1) is 0 Å². The SMILES string of the molecule is CC(C)(C)C(=O)c1ccc(CN(Cc2ccc(C(=O)C(C)(C)C)cc2F)Cc2ccc(C(=O)C(C)(C)C)cc2F)c(F)c1. The molecule has 0 radical (unpaired) electrons. The van der Waals surface area contributed by atoms with Crippen molar-refractivity contribution in [3.05, 3.63) is 105 Å². The maximum absolute atomic E-state index is 15.3. The van der Waals surface area contributed by atoms with Gasteiger partial charge < -0.3 is 0 Å². The van der Waals surface area contributed by atoms with Crippen molar-refractivity contribution in [1.82, 2.24) is 4.90 Å². The molecule has 0 saturated heterocycles. The number of halogens is 3. The third-order valence-corrected chi connectivity index (χ3v) is 7.17. The van der Waals surface area contributed by atoms with Gasteiger partial charge in [-0.1, -0.05) is 98.7 Å². The zero-order valence-electron chi connectivity index (χ0n) is 26.6. The van der Waals surface area contributed by atoms with Crippen LogP contribution in [0, 0.1) is 33.7 Å². The van der Waals surface area contributed by atoms with E-state index in [9.17, 15) is 14.4 Å². The highest BCUT2D eigenvalue weighted by atomic mass is 19.1. The van der Waals surface area contributed by atoms with E-state index in [0.29, 0.717) is 0 Å². The molecule has 0 atom stereocenters. The molecule has 4 nitrogen and oxygen atoms in total. The average Bonchev–Trinajstić information content (AvgIpc) is 2.89. The lowest BCUT2D eigenvalue weighted by atomic mass is 9.86. The molecule has 3 aromatic carbocycles. The van der Waals surface area contributed by atoms with Crippen molar-refractivity contribution in [1.29, 1.82) is 0 Å². The zero-order chi connectivity index (χ0) is 32.5. The molecule has 0 unspecified atom stereocenters. The van der Waals surface area contributed by atoms with Crippen LogP contribution in [-0.2, 0) is 19.6 Å². The lowest BCUT2D eigenvalue weighted by Gasteiger charge is -2.25. The second-order valence-corrected chi connectivity index (χ2v) is 14.3. The number of benzene rings is 3. The van der Waals surface area contributed by atoms with E-state index < -0.39 is 33.7 Å². The number of carbonyl (C=O) groups excluding carboxylic acids is 3. The fourth-order valence-electron chi connectivity index (χ4n) is 4.64. The van der Waals surface area contributed by atoms with E-state index in [1.54, 1.807) is 85.4 Å². The van der Waals surface area contributed by atoms with Crippen LogP contribution in [0.15, 0.2) is 54.6 Å². The summed E-state index contributed by atoms with van der Waals surface area (Å²) in [6, 6.07) is 12.8. The molecule has 0 aromatic heterocycles. The Morgan fingerprint density at radius 3 is 0.907 bits per heavy atom. The van der Waals surface area contributed by atoms with Crippen molar-refractivity contribution >= 4 is 17.3 Å². The van der Waals surface area contributed by atoms with E-state index in [-0.39, 0.29) is 70.4 Å². The molecule has 0 heterocycles. The van der Waals surface area contributed by atoms with Crippen LogP contribution < -0.4 is 0 Å². The summed E-state index contributed by atoms with van der Waals surface area (Å²) in [7, 11) is 0. The molecule has 0 spiro atoms. The van der Waals surface area contributed by atoms with Crippen LogP contribution in [0.4, 0.5) is 13.2 Å². The highest BCUT2D eigenvalue weighted by Crippen LogP contribution is 2.27. The van der Waals surface area contributed by atoms with Crippen molar-refractivity contribution in [3.63, 3.8) is 0 Å². The van der Waals surface area contributed by atoms with Gasteiger partial charge in [0, 0.05) is 69.3 Å². The summed E-state index contributed by atoms with van der Waals surface area (Å²) in [4.78, 5) is 39.7. The number of hydrogen-bond donors (Lipinski definition) is 0. The molecule has 0 aliphatic rings. The highest BCUT2D eigenvalue weighted by molar-refractivity contribution is 6.00. The van der Waals surface area contributed by atoms with Crippen molar-refractivity contribution < 1.29 is 27.6 Å². The maximum Gasteiger partial charge on any atom is 0.168 e. The molecule has 3 rings (SSSR count). The smallest absolute Gasteiger partial charge is 0.168 e. The second-order valence-electron chi connectivity index (χ2n) is 14.3. The van der Waals surface area contributed by atoms with Gasteiger partial charge >= 0.3 is 0 Å². The number of rotatable bonds is 9. The molecule has 0 aliphatic heterocycles. The Morgan fingerprint density at radius 2 is 0.721 bits per heavy atom.